The molecule has 2 amide bonds. The van der Waals surface area contributed by atoms with Crippen LogP contribution in [0.1, 0.15) is 41.6 Å². The van der Waals surface area contributed by atoms with Crippen LogP contribution in [-0.4, -0.2) is 47.0 Å². The van der Waals surface area contributed by atoms with Crippen LogP contribution in [0.5, 0.6) is 0 Å². The van der Waals surface area contributed by atoms with Crippen molar-refractivity contribution >= 4 is 23.6 Å². The lowest BCUT2D eigenvalue weighted by Crippen LogP contribution is -2.49. The quantitative estimate of drug-likeness (QED) is 0.862. The molecule has 1 aromatic rings. The molecule has 1 unspecified atom stereocenters. The van der Waals surface area contributed by atoms with Gasteiger partial charge in [0.15, 0.2) is 0 Å². The Morgan fingerprint density at radius 2 is 1.88 bits per heavy atom. The second-order valence-corrected chi connectivity index (χ2v) is 8.19. The van der Waals surface area contributed by atoms with Gasteiger partial charge in [0.2, 0.25) is 5.91 Å². The molecule has 2 fully saturated rings. The lowest BCUT2D eigenvalue weighted by molar-refractivity contribution is -0.132. The molecule has 1 heterocycles. The summed E-state index contributed by atoms with van der Waals surface area (Å²) < 4.78 is 0. The zero-order valence-corrected chi connectivity index (χ0v) is 15.6. The molecule has 3 N–H and O–H groups in total. The molecule has 3 rings (SSSR count). The summed E-state index contributed by atoms with van der Waals surface area (Å²) >= 11 is 1.78. The molecular formula is C19H27N3O2S. The molecule has 25 heavy (non-hydrogen) atoms. The topological polar surface area (TPSA) is 75.4 Å². The number of benzene rings is 1. The highest BCUT2D eigenvalue weighted by atomic mass is 32.2. The molecule has 5 nitrogen and oxygen atoms in total. The van der Waals surface area contributed by atoms with Gasteiger partial charge < -0.3 is 16.0 Å². The van der Waals surface area contributed by atoms with Gasteiger partial charge in [0.25, 0.3) is 5.91 Å². The Morgan fingerprint density at radius 1 is 1.20 bits per heavy atom. The lowest BCUT2D eigenvalue weighted by atomic mass is 9.81. The maximum Gasteiger partial charge on any atom is 0.251 e. The molecule has 1 saturated heterocycles. The maximum atomic E-state index is 12.4. The average molecular weight is 362 g/mol. The van der Waals surface area contributed by atoms with E-state index >= 15 is 0 Å². The molecular weight excluding hydrogens is 334 g/mol. The van der Waals surface area contributed by atoms with Crippen LogP contribution in [0.15, 0.2) is 24.3 Å². The number of thioether (sulfide) groups is 1. The minimum Gasteiger partial charge on any atom is -0.349 e. The van der Waals surface area contributed by atoms with Crippen LogP contribution in [-0.2, 0) is 4.79 Å². The Balaban J connectivity index is 1.47. The fourth-order valence-corrected chi connectivity index (χ4v) is 4.55. The number of nitrogens with two attached hydrogens (primary N) is 1. The third-order valence-electron chi connectivity index (χ3n) is 5.28. The van der Waals surface area contributed by atoms with Crippen LogP contribution >= 0.6 is 11.8 Å². The van der Waals surface area contributed by atoms with Gasteiger partial charge in [0.05, 0.1) is 11.9 Å². The second kappa shape index (κ2) is 8.23. The van der Waals surface area contributed by atoms with Gasteiger partial charge in [-0.3, -0.25) is 9.59 Å². The van der Waals surface area contributed by atoms with E-state index in [2.05, 4.69) is 5.32 Å². The SMILES string of the molecule is Cc1ccc(C(=O)NC2CCC(C(N)C(=O)N3CCSC3)CC2)cc1. The number of hydrogen-bond acceptors (Lipinski definition) is 4. The average Bonchev–Trinajstić information content (AvgIpc) is 3.16. The third-order valence-corrected chi connectivity index (χ3v) is 6.24. The highest BCUT2D eigenvalue weighted by molar-refractivity contribution is 7.99. The van der Waals surface area contributed by atoms with E-state index in [1.54, 1.807) is 11.8 Å². The predicted octanol–water partition coefficient (Wildman–Crippen LogP) is 2.14. The van der Waals surface area contributed by atoms with Crippen LogP contribution in [0.3, 0.4) is 0 Å². The number of carbonyl (C=O) groups is 2. The minimum absolute atomic E-state index is 0.0158. The normalized spacial score (nSPS) is 24.8. The number of hydrogen-bond donors (Lipinski definition) is 2. The first-order valence-corrected chi connectivity index (χ1v) is 10.2. The standard InChI is InChI=1S/C19H27N3O2S/c1-13-2-4-15(5-3-13)18(23)21-16-8-6-14(7-9-16)17(20)19(24)22-10-11-25-12-22/h2-5,14,16-17H,6-12,20H2,1H3,(H,21,23). The first-order valence-electron chi connectivity index (χ1n) is 9.04. The number of nitrogens with zero attached hydrogens (tertiary/aromatic N) is 1. The highest BCUT2D eigenvalue weighted by Gasteiger charge is 2.33. The summed E-state index contributed by atoms with van der Waals surface area (Å²) in [5, 5.41) is 3.12. The van der Waals surface area contributed by atoms with Crippen molar-refractivity contribution in [2.24, 2.45) is 11.7 Å². The van der Waals surface area contributed by atoms with Crippen LogP contribution in [0.4, 0.5) is 0 Å². The van der Waals surface area contributed by atoms with E-state index in [-0.39, 0.29) is 23.8 Å². The van der Waals surface area contributed by atoms with Gasteiger partial charge in [-0.2, -0.15) is 0 Å². The number of nitrogens with one attached hydrogen (secondary N) is 1. The zero-order chi connectivity index (χ0) is 17.8. The van der Waals surface area contributed by atoms with Gasteiger partial charge in [-0.15, -0.1) is 11.8 Å². The summed E-state index contributed by atoms with van der Waals surface area (Å²) in [5.74, 6) is 2.09. The number of rotatable bonds is 4. The van der Waals surface area contributed by atoms with Gasteiger partial charge in [0.1, 0.15) is 0 Å². The summed E-state index contributed by atoms with van der Waals surface area (Å²) in [7, 11) is 0. The van der Waals surface area contributed by atoms with Crippen LogP contribution < -0.4 is 11.1 Å². The van der Waals surface area contributed by atoms with Crippen molar-refractivity contribution in [1.82, 2.24) is 10.2 Å². The Labute approximate surface area is 153 Å². The van der Waals surface area contributed by atoms with Gasteiger partial charge in [-0.25, -0.2) is 0 Å². The van der Waals surface area contributed by atoms with E-state index in [1.807, 2.05) is 36.1 Å². The molecule has 1 atom stereocenters. The van der Waals surface area contributed by atoms with Crippen molar-refractivity contribution in [3.63, 3.8) is 0 Å². The lowest BCUT2D eigenvalue weighted by Gasteiger charge is -2.33. The molecule has 1 saturated carbocycles. The van der Waals surface area contributed by atoms with Gasteiger partial charge in [-0.05, 0) is 50.7 Å². The summed E-state index contributed by atoms with van der Waals surface area (Å²) in [5.41, 5.74) is 8.08. The van der Waals surface area contributed by atoms with Crippen LogP contribution in [0.2, 0.25) is 0 Å². The zero-order valence-electron chi connectivity index (χ0n) is 14.7. The monoisotopic (exact) mass is 361 g/mol. The molecule has 0 bridgehead atoms. The summed E-state index contributed by atoms with van der Waals surface area (Å²) in [6, 6.07) is 7.40. The molecule has 0 aromatic heterocycles. The second-order valence-electron chi connectivity index (χ2n) is 7.12. The minimum atomic E-state index is -0.396. The largest absolute Gasteiger partial charge is 0.349 e. The highest BCUT2D eigenvalue weighted by Crippen LogP contribution is 2.28. The first kappa shape index (κ1) is 18.3. The van der Waals surface area contributed by atoms with Crippen molar-refractivity contribution < 1.29 is 9.59 Å². The molecule has 1 aliphatic heterocycles. The molecule has 1 aliphatic carbocycles. The molecule has 0 radical (unpaired) electrons. The Kier molecular flexibility index (Phi) is 6.02. The van der Waals surface area contributed by atoms with Crippen molar-refractivity contribution in [2.75, 3.05) is 18.2 Å². The third kappa shape index (κ3) is 4.55. The fraction of sp³-hybridized carbons (Fsp3) is 0.579. The number of aryl methyl sites for hydroxylation is 1. The maximum absolute atomic E-state index is 12.4. The van der Waals surface area contributed by atoms with Crippen molar-refractivity contribution in [3.8, 4) is 0 Å². The van der Waals surface area contributed by atoms with E-state index in [9.17, 15) is 9.59 Å². The van der Waals surface area contributed by atoms with Crippen LogP contribution in [0.25, 0.3) is 0 Å². The number of carbonyl (C=O) groups excluding carboxylic acids is 2. The Morgan fingerprint density at radius 3 is 2.48 bits per heavy atom. The summed E-state index contributed by atoms with van der Waals surface area (Å²) in [4.78, 5) is 26.6. The van der Waals surface area contributed by atoms with Gasteiger partial charge >= 0.3 is 0 Å². The predicted molar refractivity (Wildman–Crippen MR) is 101 cm³/mol. The van der Waals surface area contributed by atoms with Crippen molar-refractivity contribution in [2.45, 2.75) is 44.7 Å². The molecule has 6 heteroatoms. The number of amides is 2. The molecule has 136 valence electrons. The van der Waals surface area contributed by atoms with Crippen molar-refractivity contribution in [3.05, 3.63) is 35.4 Å². The Bertz CT molecular complexity index is 606. The molecule has 2 aliphatic rings. The summed E-state index contributed by atoms with van der Waals surface area (Å²) in [6.07, 6.45) is 3.56. The smallest absolute Gasteiger partial charge is 0.251 e. The van der Waals surface area contributed by atoms with E-state index in [4.69, 9.17) is 5.73 Å². The van der Waals surface area contributed by atoms with Crippen molar-refractivity contribution in [1.29, 1.82) is 0 Å². The summed E-state index contributed by atoms with van der Waals surface area (Å²) in [6.45, 7) is 2.83. The molecule has 0 spiro atoms. The van der Waals surface area contributed by atoms with Gasteiger partial charge in [-0.1, -0.05) is 17.7 Å². The van der Waals surface area contributed by atoms with Crippen LogP contribution in [0, 0.1) is 12.8 Å². The van der Waals surface area contributed by atoms with E-state index in [0.29, 0.717) is 5.56 Å². The van der Waals surface area contributed by atoms with E-state index in [0.717, 1.165) is 49.4 Å². The Hall–Kier alpha value is -1.53. The fourth-order valence-electron chi connectivity index (χ4n) is 3.60. The molecule has 1 aromatic carbocycles. The van der Waals surface area contributed by atoms with E-state index in [1.165, 1.54) is 0 Å². The van der Waals surface area contributed by atoms with Gasteiger partial charge in [0, 0.05) is 23.9 Å². The first-order chi connectivity index (χ1) is 12.0. The van der Waals surface area contributed by atoms with E-state index < -0.39 is 6.04 Å².